The van der Waals surface area contributed by atoms with Crippen molar-refractivity contribution in [3.05, 3.63) is 102 Å². The van der Waals surface area contributed by atoms with Crippen molar-refractivity contribution in [2.24, 2.45) is 5.73 Å². The number of nitrogens with one attached hydrogen (secondary N) is 1. The van der Waals surface area contributed by atoms with Crippen molar-refractivity contribution in [2.45, 2.75) is 57.2 Å². The highest BCUT2D eigenvalue weighted by molar-refractivity contribution is 6.00. The molecule has 3 aromatic carbocycles. The number of hydrogen-bond acceptors (Lipinski definition) is 4. The molecule has 4 amide bonds. The van der Waals surface area contributed by atoms with Crippen molar-refractivity contribution in [1.29, 1.82) is 5.26 Å². The van der Waals surface area contributed by atoms with Gasteiger partial charge in [-0.2, -0.15) is 5.26 Å². The molecule has 1 fully saturated rings. The molecule has 8 nitrogen and oxygen atoms in total. The molecule has 0 saturated carbocycles. The lowest BCUT2D eigenvalue weighted by molar-refractivity contribution is -0.139. The van der Waals surface area contributed by atoms with E-state index in [9.17, 15) is 19.6 Å². The summed E-state index contributed by atoms with van der Waals surface area (Å²) in [5, 5.41) is 12.4. The van der Waals surface area contributed by atoms with E-state index in [2.05, 4.69) is 11.4 Å². The molecule has 1 aliphatic heterocycles. The second kappa shape index (κ2) is 12.0. The first-order valence-corrected chi connectivity index (χ1v) is 13.4. The van der Waals surface area contributed by atoms with Gasteiger partial charge in [0.25, 0.3) is 0 Å². The topological polar surface area (TPSA) is 120 Å². The summed E-state index contributed by atoms with van der Waals surface area (Å²) < 4.78 is 0. The molecule has 206 valence electrons. The summed E-state index contributed by atoms with van der Waals surface area (Å²) >= 11 is 0. The predicted molar refractivity (Wildman–Crippen MR) is 154 cm³/mol. The molecule has 0 aromatic heterocycles. The lowest BCUT2D eigenvalue weighted by atomic mass is 9.86. The maximum atomic E-state index is 14.5. The quantitative estimate of drug-likeness (QED) is 0.466. The van der Waals surface area contributed by atoms with Gasteiger partial charge in [-0.15, -0.1) is 0 Å². The minimum absolute atomic E-state index is 0.128. The van der Waals surface area contributed by atoms with Crippen LogP contribution in [0.25, 0.3) is 0 Å². The van der Waals surface area contributed by atoms with Gasteiger partial charge in [-0.25, -0.2) is 4.79 Å². The van der Waals surface area contributed by atoms with Gasteiger partial charge in [0.2, 0.25) is 11.8 Å². The lowest BCUT2D eigenvalue weighted by Crippen LogP contribution is -2.55. The Morgan fingerprint density at radius 1 is 0.975 bits per heavy atom. The Hall–Kier alpha value is -4.64. The third-order valence-corrected chi connectivity index (χ3v) is 7.05. The van der Waals surface area contributed by atoms with Crippen LogP contribution in [0.15, 0.2) is 84.9 Å². The number of benzene rings is 3. The van der Waals surface area contributed by atoms with E-state index in [-0.39, 0.29) is 24.3 Å². The molecule has 3 unspecified atom stereocenters. The minimum Gasteiger partial charge on any atom is -0.351 e. The number of carbonyl (C=O) groups excluding carboxylic acids is 3. The average Bonchev–Trinajstić information content (AvgIpc) is 3.06. The zero-order chi connectivity index (χ0) is 28.9. The van der Waals surface area contributed by atoms with E-state index in [1.165, 1.54) is 4.90 Å². The molecule has 3 N–H and O–H groups in total. The minimum atomic E-state index is -0.993. The van der Waals surface area contributed by atoms with Crippen molar-refractivity contribution >= 4 is 23.5 Å². The van der Waals surface area contributed by atoms with E-state index < -0.39 is 23.7 Å². The highest BCUT2D eigenvalue weighted by Crippen LogP contribution is 2.41. The zero-order valence-electron chi connectivity index (χ0n) is 23.1. The Balaban J connectivity index is 1.86. The van der Waals surface area contributed by atoms with Crippen LogP contribution in [-0.2, 0) is 9.59 Å². The summed E-state index contributed by atoms with van der Waals surface area (Å²) in [5.41, 5.74) is 8.05. The summed E-state index contributed by atoms with van der Waals surface area (Å²) in [6, 6.07) is 25.9. The van der Waals surface area contributed by atoms with Crippen LogP contribution >= 0.6 is 0 Å². The summed E-state index contributed by atoms with van der Waals surface area (Å²) in [4.78, 5) is 43.6. The maximum absolute atomic E-state index is 14.5. The van der Waals surface area contributed by atoms with Crippen LogP contribution in [0.5, 0.6) is 0 Å². The smallest absolute Gasteiger partial charge is 0.320 e. The highest BCUT2D eigenvalue weighted by Gasteiger charge is 2.43. The van der Waals surface area contributed by atoms with Crippen LogP contribution in [0.3, 0.4) is 0 Å². The molecular formula is C32H35N5O3. The Morgan fingerprint density at radius 3 is 2.17 bits per heavy atom. The van der Waals surface area contributed by atoms with Gasteiger partial charge < -0.3 is 16.0 Å². The normalized spacial score (nSPS) is 19.3. The van der Waals surface area contributed by atoms with Gasteiger partial charge >= 0.3 is 6.03 Å². The largest absolute Gasteiger partial charge is 0.351 e. The fourth-order valence-electron chi connectivity index (χ4n) is 5.40. The number of anilines is 1. The number of amides is 4. The van der Waals surface area contributed by atoms with Gasteiger partial charge in [0.1, 0.15) is 12.6 Å². The number of rotatable bonds is 6. The van der Waals surface area contributed by atoms with Gasteiger partial charge in [-0.1, -0.05) is 66.7 Å². The predicted octanol–water partition coefficient (Wildman–Crippen LogP) is 4.87. The van der Waals surface area contributed by atoms with E-state index in [1.807, 2.05) is 81.4 Å². The summed E-state index contributed by atoms with van der Waals surface area (Å²) in [5.74, 6) is -0.801. The van der Waals surface area contributed by atoms with Crippen molar-refractivity contribution in [3.8, 4) is 6.07 Å². The van der Waals surface area contributed by atoms with Crippen molar-refractivity contribution < 1.29 is 14.4 Å². The maximum Gasteiger partial charge on any atom is 0.320 e. The number of nitrogens with two attached hydrogens (primary N) is 1. The fraction of sp³-hybridized carbons (Fsp3) is 0.312. The van der Waals surface area contributed by atoms with Gasteiger partial charge in [0.05, 0.1) is 17.7 Å². The Kier molecular flexibility index (Phi) is 8.54. The number of urea groups is 1. The molecule has 4 rings (SSSR count). The standard InChI is InChI=1S/C32H35N5O3/c1-32(2,3)35-29(38)21-36-27(24-14-8-5-9-15-24)18-25(23-12-6-4-7-13-23)19-28(30(36)39)37(31(34)40)26-16-10-11-22(17-26)20-33/h4-17,25,27-28H,18-19,21H2,1-3H3,(H2,34,40)(H,35,38). The monoisotopic (exact) mass is 537 g/mol. The third-order valence-electron chi connectivity index (χ3n) is 7.05. The summed E-state index contributed by atoms with van der Waals surface area (Å²) in [7, 11) is 0. The van der Waals surface area contributed by atoms with Crippen LogP contribution in [0.4, 0.5) is 10.5 Å². The third kappa shape index (κ3) is 6.67. The van der Waals surface area contributed by atoms with Crippen LogP contribution in [-0.4, -0.2) is 40.9 Å². The molecule has 0 radical (unpaired) electrons. The van der Waals surface area contributed by atoms with Crippen molar-refractivity contribution in [3.63, 3.8) is 0 Å². The first kappa shape index (κ1) is 28.4. The fourth-order valence-corrected chi connectivity index (χ4v) is 5.40. The molecule has 3 atom stereocenters. The second-order valence-corrected chi connectivity index (χ2v) is 11.2. The molecule has 0 aliphatic carbocycles. The first-order chi connectivity index (χ1) is 19.1. The zero-order valence-corrected chi connectivity index (χ0v) is 23.1. The van der Waals surface area contributed by atoms with Gasteiger partial charge in [-0.05, 0) is 68.9 Å². The average molecular weight is 538 g/mol. The molecule has 0 bridgehead atoms. The Labute approximate surface area is 235 Å². The number of primary amides is 1. The van der Waals surface area contributed by atoms with Crippen molar-refractivity contribution in [1.82, 2.24) is 10.2 Å². The molecule has 1 aliphatic rings. The SMILES string of the molecule is CC(C)(C)NC(=O)CN1C(=O)C(N(C(N)=O)c2cccc(C#N)c2)CC(c2ccccc2)CC1c1ccccc1. The lowest BCUT2D eigenvalue weighted by Gasteiger charge is -2.35. The van der Waals surface area contributed by atoms with Crippen LogP contribution in [0, 0.1) is 11.3 Å². The number of nitrogens with zero attached hydrogens (tertiary/aromatic N) is 3. The molecule has 3 aromatic rings. The summed E-state index contributed by atoms with van der Waals surface area (Å²) in [6.45, 7) is 5.47. The molecule has 0 spiro atoms. The molecular weight excluding hydrogens is 502 g/mol. The van der Waals surface area contributed by atoms with Gasteiger partial charge in [-0.3, -0.25) is 14.5 Å². The van der Waals surface area contributed by atoms with Crippen LogP contribution in [0.2, 0.25) is 0 Å². The molecule has 40 heavy (non-hydrogen) atoms. The number of hydrogen-bond donors (Lipinski definition) is 2. The van der Waals surface area contributed by atoms with E-state index >= 15 is 0 Å². The van der Waals surface area contributed by atoms with Gasteiger partial charge in [0.15, 0.2) is 0 Å². The van der Waals surface area contributed by atoms with E-state index in [4.69, 9.17) is 5.73 Å². The first-order valence-electron chi connectivity index (χ1n) is 13.4. The van der Waals surface area contributed by atoms with Gasteiger partial charge in [0, 0.05) is 11.2 Å². The molecule has 1 saturated heterocycles. The Bertz CT molecular complexity index is 1400. The highest BCUT2D eigenvalue weighted by atomic mass is 16.2. The van der Waals surface area contributed by atoms with Crippen LogP contribution < -0.4 is 16.0 Å². The van der Waals surface area contributed by atoms with E-state index in [0.717, 1.165) is 11.1 Å². The molecule has 1 heterocycles. The number of likely N-dealkylation sites (tertiary alicyclic amines) is 1. The van der Waals surface area contributed by atoms with E-state index in [0.29, 0.717) is 24.1 Å². The van der Waals surface area contributed by atoms with Crippen molar-refractivity contribution in [2.75, 3.05) is 11.4 Å². The van der Waals surface area contributed by atoms with E-state index in [1.54, 1.807) is 29.2 Å². The Morgan fingerprint density at radius 2 is 1.60 bits per heavy atom. The molecule has 8 heteroatoms. The van der Waals surface area contributed by atoms with Crippen LogP contribution in [0.1, 0.15) is 62.3 Å². The number of nitriles is 1. The number of carbonyl (C=O) groups is 3. The second-order valence-electron chi connectivity index (χ2n) is 11.2. The summed E-state index contributed by atoms with van der Waals surface area (Å²) in [6.07, 6.45) is 0.840.